The van der Waals surface area contributed by atoms with Crippen LogP contribution in [0.15, 0.2) is 24.3 Å². The molecular formula is C24H37NO5S. The number of hydrogen-bond acceptors (Lipinski definition) is 5. The number of likely N-dealkylation sites (tertiary alicyclic amines) is 1. The van der Waals surface area contributed by atoms with Gasteiger partial charge in [0.05, 0.1) is 29.6 Å². The zero-order valence-corrected chi connectivity index (χ0v) is 20.1. The Hall–Kier alpha value is -1.60. The number of amides is 1. The Balaban J connectivity index is 1.46. The Morgan fingerprint density at radius 2 is 1.68 bits per heavy atom. The molecule has 2 saturated heterocycles. The molecule has 6 nitrogen and oxygen atoms in total. The minimum absolute atomic E-state index is 0.103. The van der Waals surface area contributed by atoms with Gasteiger partial charge in [-0.25, -0.2) is 8.42 Å². The number of carbonyl (C=O) groups is 1. The summed E-state index contributed by atoms with van der Waals surface area (Å²) < 4.78 is 36.2. The molecule has 0 radical (unpaired) electrons. The zero-order chi connectivity index (χ0) is 22.6. The van der Waals surface area contributed by atoms with Crippen LogP contribution >= 0.6 is 0 Å². The highest BCUT2D eigenvalue weighted by atomic mass is 32.2. The molecule has 0 saturated carbocycles. The van der Waals surface area contributed by atoms with Crippen molar-refractivity contribution in [2.75, 3.05) is 18.8 Å². The lowest BCUT2D eigenvalue weighted by Crippen LogP contribution is -2.41. The Kier molecular flexibility index (Phi) is 8.03. The fourth-order valence-corrected chi connectivity index (χ4v) is 5.85. The fraction of sp³-hybridized carbons (Fsp3) is 0.708. The molecule has 0 aliphatic carbocycles. The van der Waals surface area contributed by atoms with Crippen LogP contribution in [-0.2, 0) is 25.8 Å². The van der Waals surface area contributed by atoms with E-state index in [1.165, 1.54) is 0 Å². The molecule has 174 valence electrons. The van der Waals surface area contributed by atoms with Crippen molar-refractivity contribution in [3.8, 4) is 5.75 Å². The molecule has 2 aliphatic rings. The summed E-state index contributed by atoms with van der Waals surface area (Å²) in [6, 6.07) is 7.80. The molecule has 0 N–H and O–H groups in total. The molecule has 0 aromatic heterocycles. The van der Waals surface area contributed by atoms with E-state index in [-0.39, 0.29) is 41.1 Å². The quantitative estimate of drug-likeness (QED) is 0.633. The summed E-state index contributed by atoms with van der Waals surface area (Å²) in [7, 11) is -3.03. The summed E-state index contributed by atoms with van der Waals surface area (Å²) in [6.45, 7) is 8.89. The second-order valence-corrected chi connectivity index (χ2v) is 12.1. The van der Waals surface area contributed by atoms with Gasteiger partial charge in [-0.05, 0) is 64.2 Å². The minimum atomic E-state index is -3.03. The lowest BCUT2D eigenvalue weighted by molar-refractivity contribution is -0.131. The number of ether oxygens (including phenoxy) is 2. The molecule has 0 spiro atoms. The molecule has 1 aromatic rings. The van der Waals surface area contributed by atoms with E-state index in [0.29, 0.717) is 19.5 Å². The average molecular weight is 452 g/mol. The van der Waals surface area contributed by atoms with Crippen LogP contribution in [0.25, 0.3) is 0 Å². The summed E-state index contributed by atoms with van der Waals surface area (Å²) in [6.07, 6.45) is 4.23. The first-order chi connectivity index (χ1) is 14.6. The largest absolute Gasteiger partial charge is 0.490 e. The highest BCUT2D eigenvalue weighted by Crippen LogP contribution is 2.25. The molecule has 1 amide bonds. The highest BCUT2D eigenvalue weighted by Gasteiger charge is 2.28. The number of sulfone groups is 1. The van der Waals surface area contributed by atoms with Crippen LogP contribution in [0.3, 0.4) is 0 Å². The SMILES string of the molecule is CC1CC(Oc2ccc(CC(=O)N3CCC(CS(=O)(=O)C(C)C)CC3)cc2)CC(C)O1. The molecule has 1 aromatic carbocycles. The van der Waals surface area contributed by atoms with E-state index in [1.54, 1.807) is 13.8 Å². The Bertz CT molecular complexity index is 818. The number of hydrogen-bond donors (Lipinski definition) is 0. The summed E-state index contributed by atoms with van der Waals surface area (Å²) in [5, 5.41) is -0.336. The van der Waals surface area contributed by atoms with Gasteiger partial charge in [0.1, 0.15) is 11.9 Å². The Labute approximate surface area is 187 Å². The number of benzene rings is 1. The second kappa shape index (κ2) is 10.3. The summed E-state index contributed by atoms with van der Waals surface area (Å²) >= 11 is 0. The summed E-state index contributed by atoms with van der Waals surface area (Å²) in [5.74, 6) is 1.32. The van der Waals surface area contributed by atoms with Crippen molar-refractivity contribution in [3.63, 3.8) is 0 Å². The monoisotopic (exact) mass is 451 g/mol. The van der Waals surface area contributed by atoms with Gasteiger partial charge in [0.15, 0.2) is 9.84 Å². The van der Waals surface area contributed by atoms with Gasteiger partial charge < -0.3 is 14.4 Å². The third-order valence-electron chi connectivity index (χ3n) is 6.39. The lowest BCUT2D eigenvalue weighted by atomic mass is 9.98. The molecule has 31 heavy (non-hydrogen) atoms. The summed E-state index contributed by atoms with van der Waals surface area (Å²) in [5.41, 5.74) is 0.968. The molecule has 2 heterocycles. The first-order valence-electron chi connectivity index (χ1n) is 11.5. The average Bonchev–Trinajstić information content (AvgIpc) is 2.69. The Morgan fingerprint density at radius 1 is 1.10 bits per heavy atom. The van der Waals surface area contributed by atoms with Crippen molar-refractivity contribution in [2.24, 2.45) is 5.92 Å². The molecule has 2 aliphatic heterocycles. The lowest BCUT2D eigenvalue weighted by Gasteiger charge is -2.32. The van der Waals surface area contributed by atoms with E-state index in [9.17, 15) is 13.2 Å². The topological polar surface area (TPSA) is 72.9 Å². The first kappa shape index (κ1) is 24.1. The smallest absolute Gasteiger partial charge is 0.226 e. The standard InChI is InChI=1S/C24H37NO5S/c1-17(2)31(27,28)16-21-9-11-25(12-10-21)24(26)15-20-5-7-22(8-6-20)30-23-13-18(3)29-19(4)14-23/h5-8,17-19,21,23H,9-16H2,1-4H3. The number of piperidine rings is 1. The second-order valence-electron chi connectivity index (χ2n) is 9.49. The van der Waals surface area contributed by atoms with Crippen LogP contribution in [0.4, 0.5) is 0 Å². The predicted molar refractivity (Wildman–Crippen MR) is 122 cm³/mol. The number of rotatable bonds is 7. The van der Waals surface area contributed by atoms with Crippen LogP contribution in [-0.4, -0.2) is 61.6 Å². The van der Waals surface area contributed by atoms with Crippen molar-refractivity contribution in [1.82, 2.24) is 4.90 Å². The molecule has 2 unspecified atom stereocenters. The normalized spacial score (nSPS) is 25.6. The van der Waals surface area contributed by atoms with E-state index in [1.807, 2.05) is 29.2 Å². The van der Waals surface area contributed by atoms with E-state index in [2.05, 4.69) is 13.8 Å². The van der Waals surface area contributed by atoms with Gasteiger partial charge in [0, 0.05) is 25.9 Å². The molecule has 2 atom stereocenters. The van der Waals surface area contributed by atoms with Crippen LogP contribution in [0.5, 0.6) is 5.75 Å². The van der Waals surface area contributed by atoms with E-state index >= 15 is 0 Å². The number of nitrogens with zero attached hydrogens (tertiary/aromatic N) is 1. The third-order valence-corrected chi connectivity index (χ3v) is 8.76. The maximum atomic E-state index is 12.7. The van der Waals surface area contributed by atoms with Crippen molar-refractivity contribution < 1.29 is 22.7 Å². The van der Waals surface area contributed by atoms with Crippen LogP contribution in [0.2, 0.25) is 0 Å². The van der Waals surface area contributed by atoms with Gasteiger partial charge in [0.25, 0.3) is 0 Å². The molecular weight excluding hydrogens is 414 g/mol. The summed E-state index contributed by atoms with van der Waals surface area (Å²) in [4.78, 5) is 14.6. The van der Waals surface area contributed by atoms with Crippen molar-refractivity contribution in [2.45, 2.75) is 83.4 Å². The zero-order valence-electron chi connectivity index (χ0n) is 19.2. The van der Waals surface area contributed by atoms with Crippen molar-refractivity contribution in [3.05, 3.63) is 29.8 Å². The molecule has 7 heteroatoms. The van der Waals surface area contributed by atoms with E-state index in [4.69, 9.17) is 9.47 Å². The fourth-order valence-electron chi connectivity index (χ4n) is 4.48. The van der Waals surface area contributed by atoms with Crippen LogP contribution < -0.4 is 4.74 Å². The van der Waals surface area contributed by atoms with Crippen LogP contribution in [0, 0.1) is 5.92 Å². The van der Waals surface area contributed by atoms with Gasteiger partial charge >= 0.3 is 0 Å². The van der Waals surface area contributed by atoms with Gasteiger partial charge in [-0.2, -0.15) is 0 Å². The first-order valence-corrected chi connectivity index (χ1v) is 13.2. The van der Waals surface area contributed by atoms with Crippen molar-refractivity contribution in [1.29, 1.82) is 0 Å². The van der Waals surface area contributed by atoms with Gasteiger partial charge in [-0.1, -0.05) is 12.1 Å². The Morgan fingerprint density at radius 3 is 2.23 bits per heavy atom. The van der Waals surface area contributed by atoms with Gasteiger partial charge in [-0.3, -0.25) is 4.79 Å². The maximum Gasteiger partial charge on any atom is 0.226 e. The van der Waals surface area contributed by atoms with Gasteiger partial charge in [0.2, 0.25) is 5.91 Å². The minimum Gasteiger partial charge on any atom is -0.490 e. The molecule has 3 rings (SSSR count). The maximum absolute atomic E-state index is 12.7. The third kappa shape index (κ3) is 6.94. The van der Waals surface area contributed by atoms with E-state index < -0.39 is 9.84 Å². The molecule has 2 fully saturated rings. The van der Waals surface area contributed by atoms with Crippen molar-refractivity contribution >= 4 is 15.7 Å². The molecule has 0 bridgehead atoms. The van der Waals surface area contributed by atoms with E-state index in [0.717, 1.165) is 37.0 Å². The predicted octanol–water partition coefficient (Wildman–Crippen LogP) is 3.63. The van der Waals surface area contributed by atoms with Crippen LogP contribution in [0.1, 0.15) is 58.9 Å². The number of carbonyl (C=O) groups excluding carboxylic acids is 1. The van der Waals surface area contributed by atoms with Gasteiger partial charge in [-0.15, -0.1) is 0 Å². The highest BCUT2D eigenvalue weighted by molar-refractivity contribution is 7.91.